The number of benzene rings is 1. The number of halogens is 3. The van der Waals surface area contributed by atoms with Crippen molar-refractivity contribution in [2.75, 3.05) is 0 Å². The van der Waals surface area contributed by atoms with Crippen molar-refractivity contribution in [3.8, 4) is 0 Å². The number of aliphatic carboxylic acids is 1. The monoisotopic (exact) mass is 356 g/mol. The van der Waals surface area contributed by atoms with Gasteiger partial charge in [-0.3, -0.25) is 4.79 Å². The van der Waals surface area contributed by atoms with Crippen LogP contribution >= 0.6 is 0 Å². The number of aromatic nitrogens is 1. The van der Waals surface area contributed by atoms with E-state index in [1.165, 1.54) is 0 Å². The Bertz CT molecular complexity index is 781. The molecule has 2 aromatic rings. The Kier molecular flexibility index (Phi) is 5.10. The highest BCUT2D eigenvalue weighted by atomic mass is 19.4. The number of aromatic amines is 1. The van der Waals surface area contributed by atoms with Crippen LogP contribution in [-0.4, -0.2) is 34.2 Å². The quantitative estimate of drug-likeness (QED) is 0.743. The van der Waals surface area contributed by atoms with Crippen molar-refractivity contribution < 1.29 is 27.9 Å². The van der Waals surface area contributed by atoms with Gasteiger partial charge >= 0.3 is 12.1 Å². The fourth-order valence-corrected chi connectivity index (χ4v) is 2.47. The maximum atomic E-state index is 12.9. The van der Waals surface area contributed by atoms with Crippen LogP contribution in [-0.2, 0) is 16.0 Å². The number of carboxylic acid groups (broad SMARTS) is 1. The first-order valence-corrected chi connectivity index (χ1v) is 7.65. The van der Waals surface area contributed by atoms with Gasteiger partial charge < -0.3 is 15.4 Å². The van der Waals surface area contributed by atoms with E-state index >= 15 is 0 Å². The van der Waals surface area contributed by atoms with Crippen molar-refractivity contribution in [2.24, 2.45) is 5.41 Å². The van der Waals surface area contributed by atoms with Gasteiger partial charge in [0.25, 0.3) is 0 Å². The third-order valence-electron chi connectivity index (χ3n) is 4.10. The van der Waals surface area contributed by atoms with Gasteiger partial charge in [-0.15, -0.1) is 0 Å². The first-order valence-electron chi connectivity index (χ1n) is 7.65. The number of para-hydroxylation sites is 1. The number of fused-ring (bicyclic) bond motifs is 1. The van der Waals surface area contributed by atoms with Crippen molar-refractivity contribution in [1.29, 1.82) is 0 Å². The van der Waals surface area contributed by atoms with Gasteiger partial charge in [-0.25, -0.2) is 4.79 Å². The Morgan fingerprint density at radius 3 is 2.48 bits per heavy atom. The zero-order valence-electron chi connectivity index (χ0n) is 13.8. The van der Waals surface area contributed by atoms with Crippen LogP contribution in [0.15, 0.2) is 30.5 Å². The van der Waals surface area contributed by atoms with Crippen LogP contribution in [0.4, 0.5) is 13.2 Å². The number of hydrogen-bond donors (Lipinski definition) is 3. The van der Waals surface area contributed by atoms with Gasteiger partial charge in [0, 0.05) is 29.9 Å². The average molecular weight is 356 g/mol. The summed E-state index contributed by atoms with van der Waals surface area (Å²) in [6, 6.07) is 5.92. The molecular weight excluding hydrogens is 337 g/mol. The summed E-state index contributed by atoms with van der Waals surface area (Å²) in [7, 11) is 0. The molecule has 0 fully saturated rings. The summed E-state index contributed by atoms with van der Waals surface area (Å²) >= 11 is 0. The summed E-state index contributed by atoms with van der Waals surface area (Å²) in [4.78, 5) is 26.3. The van der Waals surface area contributed by atoms with E-state index in [4.69, 9.17) is 0 Å². The predicted octanol–water partition coefficient (Wildman–Crippen LogP) is 3.26. The standard InChI is InChI=1S/C17H19F3N2O3/c1-16(2,17(18,19)20)8-14(23)22-13(15(24)25)7-10-9-21-12-6-4-3-5-11(10)12/h3-6,9,13,21H,7-8H2,1-2H3,(H,22,23)(H,24,25). The molecule has 3 N–H and O–H groups in total. The lowest BCUT2D eigenvalue weighted by Gasteiger charge is -2.27. The smallest absolute Gasteiger partial charge is 0.394 e. The molecule has 0 aliphatic carbocycles. The van der Waals surface area contributed by atoms with Crippen molar-refractivity contribution in [3.63, 3.8) is 0 Å². The Morgan fingerprint density at radius 2 is 1.88 bits per heavy atom. The molecule has 0 saturated carbocycles. The molecule has 0 aliphatic heterocycles. The molecule has 2 rings (SSSR count). The third kappa shape index (κ3) is 4.32. The summed E-state index contributed by atoms with van der Waals surface area (Å²) in [5, 5.41) is 12.3. The fourth-order valence-electron chi connectivity index (χ4n) is 2.47. The molecule has 1 unspecified atom stereocenters. The van der Waals surface area contributed by atoms with Crippen LogP contribution in [0.5, 0.6) is 0 Å². The molecule has 0 radical (unpaired) electrons. The van der Waals surface area contributed by atoms with Gasteiger partial charge in [0.1, 0.15) is 6.04 Å². The highest BCUT2D eigenvalue weighted by Gasteiger charge is 2.48. The molecule has 0 bridgehead atoms. The minimum atomic E-state index is -4.56. The van der Waals surface area contributed by atoms with E-state index < -0.39 is 35.9 Å². The molecule has 8 heteroatoms. The van der Waals surface area contributed by atoms with Gasteiger partial charge in [-0.2, -0.15) is 13.2 Å². The number of rotatable bonds is 6. The zero-order valence-corrected chi connectivity index (χ0v) is 13.8. The van der Waals surface area contributed by atoms with Crippen LogP contribution in [0, 0.1) is 5.41 Å². The lowest BCUT2D eigenvalue weighted by Crippen LogP contribution is -2.45. The zero-order chi connectivity index (χ0) is 18.8. The van der Waals surface area contributed by atoms with Crippen LogP contribution in [0.2, 0.25) is 0 Å². The lowest BCUT2D eigenvalue weighted by atomic mass is 9.88. The summed E-state index contributed by atoms with van der Waals surface area (Å²) in [6.45, 7) is 1.81. The van der Waals surface area contributed by atoms with E-state index in [0.717, 1.165) is 24.8 Å². The molecule has 1 aromatic carbocycles. The molecule has 1 amide bonds. The number of carbonyl (C=O) groups excluding carboxylic acids is 1. The summed E-state index contributed by atoms with van der Waals surface area (Å²) in [6.07, 6.45) is -3.79. The number of alkyl halides is 3. The van der Waals surface area contributed by atoms with Gasteiger partial charge in [0.15, 0.2) is 0 Å². The molecule has 1 atom stereocenters. The van der Waals surface area contributed by atoms with Gasteiger partial charge in [0.05, 0.1) is 5.41 Å². The molecule has 1 heterocycles. The highest BCUT2D eigenvalue weighted by molar-refractivity contribution is 5.86. The van der Waals surface area contributed by atoms with Crippen LogP contribution < -0.4 is 5.32 Å². The van der Waals surface area contributed by atoms with E-state index in [9.17, 15) is 27.9 Å². The number of hydrogen-bond acceptors (Lipinski definition) is 2. The van der Waals surface area contributed by atoms with Gasteiger partial charge in [-0.05, 0) is 11.6 Å². The molecule has 25 heavy (non-hydrogen) atoms. The summed E-state index contributed by atoms with van der Waals surface area (Å²) in [5.41, 5.74) is -0.759. The van der Waals surface area contributed by atoms with Crippen molar-refractivity contribution in [2.45, 2.75) is 38.9 Å². The van der Waals surface area contributed by atoms with Crippen LogP contribution in [0.3, 0.4) is 0 Å². The van der Waals surface area contributed by atoms with Gasteiger partial charge in [0.2, 0.25) is 5.91 Å². The molecule has 5 nitrogen and oxygen atoms in total. The summed E-state index contributed by atoms with van der Waals surface area (Å²) in [5.74, 6) is -2.25. The Morgan fingerprint density at radius 1 is 1.24 bits per heavy atom. The minimum Gasteiger partial charge on any atom is -0.480 e. The van der Waals surface area contributed by atoms with Crippen LogP contribution in [0.1, 0.15) is 25.8 Å². The SMILES string of the molecule is CC(C)(CC(=O)NC(Cc1c[nH]c2ccccc12)C(=O)O)C(F)(F)F. The maximum absolute atomic E-state index is 12.9. The molecule has 0 aliphatic rings. The Hall–Kier alpha value is -2.51. The van der Waals surface area contributed by atoms with Crippen molar-refractivity contribution >= 4 is 22.8 Å². The third-order valence-corrected chi connectivity index (χ3v) is 4.10. The second-order valence-electron chi connectivity index (χ2n) is 6.58. The Balaban J connectivity index is 2.11. The molecule has 0 spiro atoms. The average Bonchev–Trinajstić information content (AvgIpc) is 2.88. The molecule has 0 saturated heterocycles. The fraction of sp³-hybridized carbons (Fsp3) is 0.412. The Labute approximate surface area is 142 Å². The maximum Gasteiger partial charge on any atom is 0.394 e. The van der Waals surface area contributed by atoms with Crippen molar-refractivity contribution in [1.82, 2.24) is 10.3 Å². The topological polar surface area (TPSA) is 82.2 Å². The summed E-state index contributed by atoms with van der Waals surface area (Å²) < 4.78 is 38.6. The second-order valence-corrected chi connectivity index (χ2v) is 6.58. The van der Waals surface area contributed by atoms with E-state index in [-0.39, 0.29) is 6.42 Å². The molecular formula is C17H19F3N2O3. The second kappa shape index (κ2) is 6.78. The highest BCUT2D eigenvalue weighted by Crippen LogP contribution is 2.40. The molecule has 1 aromatic heterocycles. The lowest BCUT2D eigenvalue weighted by molar-refractivity contribution is -0.213. The number of carbonyl (C=O) groups is 2. The van der Waals surface area contributed by atoms with E-state index in [1.807, 2.05) is 12.1 Å². The van der Waals surface area contributed by atoms with E-state index in [2.05, 4.69) is 10.3 Å². The normalized spacial score (nSPS) is 13.6. The molecule has 136 valence electrons. The number of amides is 1. The van der Waals surface area contributed by atoms with E-state index in [0.29, 0.717) is 5.56 Å². The first-order chi connectivity index (χ1) is 11.5. The largest absolute Gasteiger partial charge is 0.480 e. The number of carboxylic acids is 1. The van der Waals surface area contributed by atoms with Crippen LogP contribution in [0.25, 0.3) is 10.9 Å². The number of nitrogens with one attached hydrogen (secondary N) is 2. The van der Waals surface area contributed by atoms with Gasteiger partial charge in [-0.1, -0.05) is 32.0 Å². The first kappa shape index (κ1) is 18.8. The number of H-pyrrole nitrogens is 1. The predicted molar refractivity (Wildman–Crippen MR) is 86.0 cm³/mol. The van der Waals surface area contributed by atoms with E-state index in [1.54, 1.807) is 18.3 Å². The van der Waals surface area contributed by atoms with Crippen molar-refractivity contribution in [3.05, 3.63) is 36.0 Å². The minimum absolute atomic E-state index is 0.0302.